The summed E-state index contributed by atoms with van der Waals surface area (Å²) in [4.78, 5) is 29.8. The highest BCUT2D eigenvalue weighted by atomic mass is 32.2. The number of hydrogen-bond donors (Lipinski definition) is 0. The third-order valence-electron chi connectivity index (χ3n) is 6.04. The van der Waals surface area contributed by atoms with Crippen LogP contribution in [0.15, 0.2) is 53.4 Å². The van der Waals surface area contributed by atoms with Crippen LogP contribution < -0.4 is 4.90 Å². The first-order valence-electron chi connectivity index (χ1n) is 11.1. The first-order chi connectivity index (χ1) is 15.2. The summed E-state index contributed by atoms with van der Waals surface area (Å²) in [6.07, 6.45) is 5.23. The maximum absolute atomic E-state index is 13.0. The zero-order valence-corrected chi connectivity index (χ0v) is 20.3. The van der Waals surface area contributed by atoms with E-state index in [-0.39, 0.29) is 16.7 Å². The highest BCUT2D eigenvalue weighted by Crippen LogP contribution is 2.40. The van der Waals surface area contributed by atoms with E-state index in [1.165, 1.54) is 21.7 Å². The van der Waals surface area contributed by atoms with Crippen molar-refractivity contribution in [3.63, 3.8) is 0 Å². The second-order valence-corrected chi connectivity index (χ2v) is 10.2. The molecule has 1 fully saturated rings. The quantitative estimate of drug-likeness (QED) is 0.483. The predicted octanol–water partition coefficient (Wildman–Crippen LogP) is 6.64. The van der Waals surface area contributed by atoms with Gasteiger partial charge in [-0.15, -0.1) is 0 Å². The monoisotopic (exact) mass is 446 g/mol. The van der Waals surface area contributed by atoms with E-state index in [0.717, 1.165) is 41.4 Å². The lowest BCUT2D eigenvalue weighted by Gasteiger charge is -2.43. The van der Waals surface area contributed by atoms with Crippen molar-refractivity contribution in [1.29, 1.82) is 0 Å². The number of benzene rings is 2. The van der Waals surface area contributed by atoms with E-state index in [4.69, 9.17) is 0 Å². The van der Waals surface area contributed by atoms with Gasteiger partial charge in [0.1, 0.15) is 0 Å². The van der Waals surface area contributed by atoms with Crippen molar-refractivity contribution < 1.29 is 9.59 Å². The molecule has 5 heteroatoms. The van der Waals surface area contributed by atoms with Crippen LogP contribution in [-0.4, -0.2) is 28.1 Å². The predicted molar refractivity (Wildman–Crippen MR) is 135 cm³/mol. The van der Waals surface area contributed by atoms with Crippen LogP contribution in [0.3, 0.4) is 0 Å². The van der Waals surface area contributed by atoms with Crippen molar-refractivity contribution in [2.75, 3.05) is 11.4 Å². The van der Waals surface area contributed by atoms with Crippen molar-refractivity contribution in [2.45, 2.75) is 53.1 Å². The fourth-order valence-electron chi connectivity index (χ4n) is 4.60. The number of carbonyl (C=O) groups is 2. The van der Waals surface area contributed by atoms with Crippen LogP contribution in [0.2, 0.25) is 0 Å². The van der Waals surface area contributed by atoms with Gasteiger partial charge in [-0.3, -0.25) is 14.5 Å². The molecule has 2 aliphatic heterocycles. The lowest BCUT2D eigenvalue weighted by Crippen LogP contribution is -2.45. The first-order valence-corrected chi connectivity index (χ1v) is 11.9. The van der Waals surface area contributed by atoms with Gasteiger partial charge in [0.05, 0.1) is 17.0 Å². The number of allylic oxidation sites excluding steroid dienone is 1. The maximum atomic E-state index is 13.0. The normalized spacial score (nSPS) is 18.9. The molecule has 2 aliphatic rings. The third kappa shape index (κ3) is 4.26. The number of carbonyl (C=O) groups excluding carboxylic acids is 2. The van der Waals surface area contributed by atoms with Crippen LogP contribution in [0.25, 0.3) is 11.6 Å². The van der Waals surface area contributed by atoms with E-state index in [1.54, 1.807) is 0 Å². The molecule has 0 radical (unpaired) electrons. The Morgan fingerprint density at radius 3 is 2.56 bits per heavy atom. The zero-order chi connectivity index (χ0) is 23.0. The Morgan fingerprint density at radius 1 is 1.06 bits per heavy atom. The summed E-state index contributed by atoms with van der Waals surface area (Å²) in [5.41, 5.74) is 6.62. The molecule has 0 bridgehead atoms. The van der Waals surface area contributed by atoms with Crippen LogP contribution in [-0.2, 0) is 11.3 Å². The molecule has 32 heavy (non-hydrogen) atoms. The first kappa shape index (κ1) is 22.4. The Hall–Kier alpha value is -2.79. The number of thioether (sulfide) groups is 1. The number of fused-ring (bicyclic) bond motifs is 1. The number of nitrogens with zero attached hydrogens (tertiary/aromatic N) is 2. The number of anilines is 1. The van der Waals surface area contributed by atoms with Crippen LogP contribution in [0.5, 0.6) is 0 Å². The van der Waals surface area contributed by atoms with Gasteiger partial charge in [-0.25, -0.2) is 0 Å². The number of amides is 2. The smallest absolute Gasteiger partial charge is 0.293 e. The Balaban J connectivity index is 1.62. The second kappa shape index (κ2) is 8.62. The number of hydrogen-bond acceptors (Lipinski definition) is 4. The van der Waals surface area contributed by atoms with Crippen LogP contribution in [0.4, 0.5) is 10.5 Å². The Labute approximate surface area is 195 Å². The molecule has 0 atom stereocenters. The molecule has 0 saturated carbocycles. The van der Waals surface area contributed by atoms with E-state index in [9.17, 15) is 9.59 Å². The summed E-state index contributed by atoms with van der Waals surface area (Å²) in [6, 6.07) is 14.2. The molecule has 0 spiro atoms. The Morgan fingerprint density at radius 2 is 1.84 bits per heavy atom. The Kier molecular flexibility index (Phi) is 6.04. The van der Waals surface area contributed by atoms with Crippen molar-refractivity contribution in [3.05, 3.63) is 75.7 Å². The summed E-state index contributed by atoms with van der Waals surface area (Å²) in [6.45, 7) is 12.1. The highest BCUT2D eigenvalue weighted by molar-refractivity contribution is 8.18. The van der Waals surface area contributed by atoms with Gasteiger partial charge in [0.15, 0.2) is 0 Å². The molecule has 4 nitrogen and oxygen atoms in total. The number of imide groups is 1. The molecule has 1 saturated heterocycles. The fourth-order valence-corrected chi connectivity index (χ4v) is 5.44. The molecule has 0 aromatic heterocycles. The minimum atomic E-state index is -0.222. The Bertz CT molecular complexity index is 1150. The summed E-state index contributed by atoms with van der Waals surface area (Å²) >= 11 is 1.02. The van der Waals surface area contributed by atoms with E-state index in [1.807, 2.05) is 43.3 Å². The molecule has 166 valence electrons. The molecule has 2 heterocycles. The molecular formula is C27H30N2O2S. The summed E-state index contributed by atoms with van der Waals surface area (Å²) in [5.74, 6) is -0.222. The van der Waals surface area contributed by atoms with Crippen molar-refractivity contribution in [1.82, 2.24) is 4.90 Å². The van der Waals surface area contributed by atoms with Gasteiger partial charge < -0.3 is 4.90 Å². The van der Waals surface area contributed by atoms with Gasteiger partial charge >= 0.3 is 0 Å². The van der Waals surface area contributed by atoms with Gasteiger partial charge in [0, 0.05) is 17.8 Å². The molecular weight excluding hydrogens is 416 g/mol. The lowest BCUT2D eigenvalue weighted by atomic mass is 9.88. The minimum Gasteiger partial charge on any atom is -0.362 e. The third-order valence-corrected chi connectivity index (χ3v) is 6.95. The molecule has 2 aromatic rings. The largest absolute Gasteiger partial charge is 0.362 e. The van der Waals surface area contributed by atoms with Crippen LogP contribution in [0.1, 0.15) is 56.4 Å². The van der Waals surface area contributed by atoms with Gasteiger partial charge in [-0.2, -0.15) is 0 Å². The van der Waals surface area contributed by atoms with Gasteiger partial charge in [0.25, 0.3) is 11.1 Å². The molecule has 4 rings (SSSR count). The van der Waals surface area contributed by atoms with Gasteiger partial charge in [-0.05, 0) is 80.8 Å². The van der Waals surface area contributed by atoms with Crippen LogP contribution >= 0.6 is 11.8 Å². The molecule has 0 unspecified atom stereocenters. The second-order valence-electron chi connectivity index (χ2n) is 9.17. The minimum absolute atomic E-state index is 0.0347. The standard InChI is InChI=1S/C27H30N2O2S/c1-6-12-29-23-11-10-20(14-22(23)19(3)16-27(29,4)5)15-24-25(30)28(26(31)32-24)17-21-9-7-8-18(2)13-21/h7-11,13-16H,6,12,17H2,1-5H3/b24-15+. The van der Waals surface area contributed by atoms with E-state index in [0.29, 0.717) is 11.4 Å². The topological polar surface area (TPSA) is 40.6 Å². The van der Waals surface area contributed by atoms with E-state index >= 15 is 0 Å². The van der Waals surface area contributed by atoms with E-state index in [2.05, 4.69) is 50.8 Å². The summed E-state index contributed by atoms with van der Waals surface area (Å²) in [7, 11) is 0. The average molecular weight is 447 g/mol. The molecule has 2 amide bonds. The summed E-state index contributed by atoms with van der Waals surface area (Å²) in [5, 5.41) is -0.215. The van der Waals surface area contributed by atoms with Gasteiger partial charge in [-0.1, -0.05) is 48.9 Å². The average Bonchev–Trinajstić information content (AvgIpc) is 2.98. The lowest BCUT2D eigenvalue weighted by molar-refractivity contribution is -0.123. The van der Waals surface area contributed by atoms with Crippen molar-refractivity contribution >= 4 is 40.2 Å². The molecule has 0 N–H and O–H groups in total. The molecule has 2 aromatic carbocycles. The van der Waals surface area contributed by atoms with Crippen LogP contribution in [0, 0.1) is 6.92 Å². The van der Waals surface area contributed by atoms with Gasteiger partial charge in [0.2, 0.25) is 0 Å². The molecule has 0 aliphatic carbocycles. The number of aryl methyl sites for hydroxylation is 1. The maximum Gasteiger partial charge on any atom is 0.293 e. The highest BCUT2D eigenvalue weighted by Gasteiger charge is 2.35. The van der Waals surface area contributed by atoms with Crippen molar-refractivity contribution in [2.24, 2.45) is 0 Å². The summed E-state index contributed by atoms with van der Waals surface area (Å²) < 4.78 is 0. The van der Waals surface area contributed by atoms with E-state index < -0.39 is 0 Å². The number of rotatable bonds is 5. The fraction of sp³-hybridized carbons (Fsp3) is 0.333. The van der Waals surface area contributed by atoms with Crippen molar-refractivity contribution in [3.8, 4) is 0 Å². The zero-order valence-electron chi connectivity index (χ0n) is 19.4. The SMILES string of the molecule is CCCN1c2ccc(/C=C3/SC(=O)N(Cc4cccc(C)c4)C3=O)cc2C(C)=CC1(C)C.